The number of hydrogen-bond acceptors (Lipinski definition) is 4. The number of nitrogens with zero attached hydrogens (tertiary/aromatic N) is 1. The smallest absolute Gasteiger partial charge is 0.242 e. The number of amides is 1. The van der Waals surface area contributed by atoms with Crippen LogP contribution in [0.2, 0.25) is 0 Å². The van der Waals surface area contributed by atoms with Gasteiger partial charge in [0.25, 0.3) is 0 Å². The minimum absolute atomic E-state index is 0.0720. The lowest BCUT2D eigenvalue weighted by Crippen LogP contribution is -2.39. The summed E-state index contributed by atoms with van der Waals surface area (Å²) in [6, 6.07) is 3.30. The van der Waals surface area contributed by atoms with Gasteiger partial charge in [-0.25, -0.2) is 0 Å². The summed E-state index contributed by atoms with van der Waals surface area (Å²) in [4.78, 5) is 15.3. The normalized spacial score (nSPS) is 18.8. The average molecular weight is 281 g/mol. The summed E-state index contributed by atoms with van der Waals surface area (Å²) in [7, 11) is 0. The summed E-state index contributed by atoms with van der Waals surface area (Å²) < 4.78 is 0. The van der Waals surface area contributed by atoms with Gasteiger partial charge < -0.3 is 16.0 Å². The Balaban J connectivity index is 1.68. The van der Waals surface area contributed by atoms with Crippen LogP contribution >= 0.6 is 11.3 Å². The maximum atomic E-state index is 11.9. The summed E-state index contributed by atoms with van der Waals surface area (Å²) >= 11 is 1.53. The maximum Gasteiger partial charge on any atom is 0.242 e. The Morgan fingerprint density at radius 2 is 2.11 bits per heavy atom. The van der Waals surface area contributed by atoms with E-state index < -0.39 is 6.04 Å². The minimum atomic E-state index is -0.524. The third kappa shape index (κ3) is 4.60. The molecule has 106 valence electrons. The first-order valence-corrected chi connectivity index (χ1v) is 7.94. The van der Waals surface area contributed by atoms with E-state index in [9.17, 15) is 4.79 Å². The van der Waals surface area contributed by atoms with Gasteiger partial charge in [0, 0.05) is 18.0 Å². The molecule has 1 saturated heterocycles. The zero-order valence-electron chi connectivity index (χ0n) is 11.3. The number of carbonyl (C=O) groups excluding carboxylic acids is 1. The van der Waals surface area contributed by atoms with E-state index in [0.29, 0.717) is 6.54 Å². The highest BCUT2D eigenvalue weighted by Crippen LogP contribution is 2.16. The number of nitrogens with two attached hydrogens (primary N) is 1. The van der Waals surface area contributed by atoms with Crippen molar-refractivity contribution in [1.82, 2.24) is 10.2 Å². The van der Waals surface area contributed by atoms with Crippen LogP contribution in [0, 0.1) is 0 Å². The molecule has 2 heterocycles. The molecule has 1 fully saturated rings. The Kier molecular flexibility index (Phi) is 5.82. The van der Waals surface area contributed by atoms with E-state index in [1.807, 2.05) is 17.5 Å². The average Bonchev–Trinajstić information content (AvgIpc) is 2.83. The highest BCUT2D eigenvalue weighted by molar-refractivity contribution is 7.10. The molecule has 1 aliphatic heterocycles. The molecule has 19 heavy (non-hydrogen) atoms. The van der Waals surface area contributed by atoms with E-state index in [-0.39, 0.29) is 5.91 Å². The van der Waals surface area contributed by atoms with Crippen molar-refractivity contribution < 1.29 is 4.79 Å². The number of nitrogens with one attached hydrogen (secondary N) is 1. The van der Waals surface area contributed by atoms with E-state index in [1.54, 1.807) is 0 Å². The van der Waals surface area contributed by atoms with Crippen molar-refractivity contribution in [2.45, 2.75) is 31.7 Å². The van der Waals surface area contributed by atoms with Crippen LogP contribution in [0.4, 0.5) is 0 Å². The molecule has 4 nitrogen and oxygen atoms in total. The van der Waals surface area contributed by atoms with Crippen molar-refractivity contribution in [3.05, 3.63) is 22.4 Å². The van der Waals surface area contributed by atoms with E-state index in [0.717, 1.165) is 24.5 Å². The first-order valence-electron chi connectivity index (χ1n) is 7.06. The van der Waals surface area contributed by atoms with Gasteiger partial charge >= 0.3 is 0 Å². The molecule has 1 amide bonds. The second kappa shape index (κ2) is 7.62. The molecule has 0 aromatic carbocycles. The highest BCUT2D eigenvalue weighted by atomic mass is 32.1. The molecule has 1 aliphatic rings. The first-order chi connectivity index (χ1) is 9.27. The molecule has 0 spiro atoms. The van der Waals surface area contributed by atoms with Gasteiger partial charge in [0.15, 0.2) is 0 Å². The number of hydrogen-bond donors (Lipinski definition) is 2. The van der Waals surface area contributed by atoms with Gasteiger partial charge in [-0.15, -0.1) is 11.3 Å². The van der Waals surface area contributed by atoms with Crippen LogP contribution in [0.1, 0.15) is 36.6 Å². The van der Waals surface area contributed by atoms with E-state index in [2.05, 4.69) is 10.2 Å². The van der Waals surface area contributed by atoms with Crippen LogP contribution in [-0.4, -0.2) is 37.0 Å². The van der Waals surface area contributed by atoms with Crippen molar-refractivity contribution in [3.8, 4) is 0 Å². The Bertz CT molecular complexity index is 372. The fourth-order valence-electron chi connectivity index (χ4n) is 2.40. The molecule has 0 bridgehead atoms. The molecule has 0 saturated carbocycles. The first kappa shape index (κ1) is 14.5. The summed E-state index contributed by atoms with van der Waals surface area (Å²) in [5, 5.41) is 4.88. The topological polar surface area (TPSA) is 58.4 Å². The molecular weight excluding hydrogens is 258 g/mol. The summed E-state index contributed by atoms with van der Waals surface area (Å²) in [6.45, 7) is 3.94. The molecule has 5 heteroatoms. The van der Waals surface area contributed by atoms with Crippen molar-refractivity contribution in [2.24, 2.45) is 5.73 Å². The van der Waals surface area contributed by atoms with Gasteiger partial charge in [-0.3, -0.25) is 4.79 Å². The summed E-state index contributed by atoms with van der Waals surface area (Å²) in [5.74, 6) is -0.0720. The van der Waals surface area contributed by atoms with Crippen molar-refractivity contribution in [3.63, 3.8) is 0 Å². The van der Waals surface area contributed by atoms with Gasteiger partial charge in [-0.2, -0.15) is 0 Å². The zero-order chi connectivity index (χ0) is 13.5. The molecule has 0 radical (unpaired) electrons. The molecular formula is C14H23N3OS. The van der Waals surface area contributed by atoms with E-state index in [4.69, 9.17) is 5.73 Å². The quantitative estimate of drug-likeness (QED) is 0.864. The molecule has 2 rings (SSSR count). The van der Waals surface area contributed by atoms with E-state index >= 15 is 0 Å². The molecule has 1 atom stereocenters. The van der Waals surface area contributed by atoms with Crippen molar-refractivity contribution in [1.29, 1.82) is 0 Å². The molecule has 1 unspecified atom stereocenters. The lowest BCUT2D eigenvalue weighted by atomic mass is 10.2. The predicted molar refractivity (Wildman–Crippen MR) is 79.2 cm³/mol. The fourth-order valence-corrected chi connectivity index (χ4v) is 3.13. The standard InChI is InChI=1S/C14H23N3OS/c15-13(12-6-5-11-19-12)14(18)16-7-10-17-8-3-1-2-4-9-17/h5-6,11,13H,1-4,7-10,15H2,(H,16,18). The fraction of sp³-hybridized carbons (Fsp3) is 0.643. The lowest BCUT2D eigenvalue weighted by Gasteiger charge is -2.20. The van der Waals surface area contributed by atoms with Gasteiger partial charge in [-0.05, 0) is 37.4 Å². The molecule has 1 aromatic heterocycles. The zero-order valence-corrected chi connectivity index (χ0v) is 12.1. The maximum absolute atomic E-state index is 11.9. The van der Waals surface area contributed by atoms with Crippen LogP contribution in [0.5, 0.6) is 0 Å². The third-order valence-electron chi connectivity index (χ3n) is 3.56. The van der Waals surface area contributed by atoms with Crippen molar-refractivity contribution in [2.75, 3.05) is 26.2 Å². The van der Waals surface area contributed by atoms with Crippen LogP contribution in [0.15, 0.2) is 17.5 Å². The predicted octanol–water partition coefficient (Wildman–Crippen LogP) is 1.74. The van der Waals surface area contributed by atoms with Gasteiger partial charge in [-0.1, -0.05) is 18.9 Å². The summed E-state index contributed by atoms with van der Waals surface area (Å²) in [5.41, 5.74) is 5.91. The number of rotatable bonds is 5. The number of thiophene rings is 1. The van der Waals surface area contributed by atoms with Crippen LogP contribution in [0.25, 0.3) is 0 Å². The number of likely N-dealkylation sites (tertiary alicyclic amines) is 1. The summed E-state index contributed by atoms with van der Waals surface area (Å²) in [6.07, 6.45) is 5.24. The van der Waals surface area contributed by atoms with Crippen LogP contribution < -0.4 is 11.1 Å². The third-order valence-corrected chi connectivity index (χ3v) is 4.51. The Labute approximate surface area is 119 Å². The van der Waals surface area contributed by atoms with Gasteiger partial charge in [0.05, 0.1) is 0 Å². The minimum Gasteiger partial charge on any atom is -0.353 e. The highest BCUT2D eigenvalue weighted by Gasteiger charge is 2.16. The largest absolute Gasteiger partial charge is 0.353 e. The van der Waals surface area contributed by atoms with Crippen LogP contribution in [0.3, 0.4) is 0 Å². The van der Waals surface area contributed by atoms with Crippen molar-refractivity contribution >= 4 is 17.2 Å². The second-order valence-electron chi connectivity index (χ2n) is 5.04. The number of carbonyl (C=O) groups is 1. The van der Waals surface area contributed by atoms with Crippen LogP contribution in [-0.2, 0) is 4.79 Å². The Hall–Kier alpha value is -0.910. The Morgan fingerprint density at radius 3 is 2.74 bits per heavy atom. The SMILES string of the molecule is NC(C(=O)NCCN1CCCCCC1)c1cccs1. The second-order valence-corrected chi connectivity index (χ2v) is 6.02. The van der Waals surface area contributed by atoms with Gasteiger partial charge in [0.2, 0.25) is 5.91 Å². The molecule has 3 N–H and O–H groups in total. The van der Waals surface area contributed by atoms with Gasteiger partial charge in [0.1, 0.15) is 6.04 Å². The monoisotopic (exact) mass is 281 g/mol. The Morgan fingerprint density at radius 1 is 1.37 bits per heavy atom. The lowest BCUT2D eigenvalue weighted by molar-refractivity contribution is -0.122. The van der Waals surface area contributed by atoms with E-state index in [1.165, 1.54) is 37.0 Å². The molecule has 0 aliphatic carbocycles. The molecule has 1 aromatic rings.